The molecule has 0 atom stereocenters. The fourth-order valence-corrected chi connectivity index (χ4v) is 5.55. The SMILES string of the molecule is Cc1cn(S(=O)(=O)c2ccc(Br)c(CN3CCN(C)CC3)c2)c2ccccc12.Cl.Cl. The lowest BCUT2D eigenvalue weighted by molar-refractivity contribution is 0.148. The van der Waals surface area contributed by atoms with E-state index in [0.29, 0.717) is 10.4 Å². The quantitative estimate of drug-likeness (QED) is 0.493. The van der Waals surface area contributed by atoms with E-state index in [2.05, 4.69) is 32.8 Å². The molecule has 9 heteroatoms. The highest BCUT2D eigenvalue weighted by Crippen LogP contribution is 2.28. The Bertz CT molecular complexity index is 1130. The number of piperazine rings is 1. The molecular formula is C21H26BrCl2N3O2S. The van der Waals surface area contributed by atoms with Crippen LogP contribution >= 0.6 is 40.7 Å². The van der Waals surface area contributed by atoms with Gasteiger partial charge in [0, 0.05) is 48.8 Å². The molecule has 0 N–H and O–H groups in total. The number of fused-ring (bicyclic) bond motifs is 1. The number of aryl methyl sites for hydroxylation is 1. The van der Waals surface area contributed by atoms with Gasteiger partial charge in [0.1, 0.15) is 0 Å². The fourth-order valence-electron chi connectivity index (χ4n) is 3.71. The molecule has 1 aromatic heterocycles. The van der Waals surface area contributed by atoms with E-state index in [0.717, 1.165) is 53.7 Å². The van der Waals surface area contributed by atoms with Gasteiger partial charge in [-0.15, -0.1) is 24.8 Å². The van der Waals surface area contributed by atoms with Crippen molar-refractivity contribution in [2.24, 2.45) is 0 Å². The highest BCUT2D eigenvalue weighted by Gasteiger charge is 2.22. The van der Waals surface area contributed by atoms with Crippen LogP contribution in [0.4, 0.5) is 0 Å². The first-order valence-corrected chi connectivity index (χ1v) is 11.6. The average molecular weight is 535 g/mol. The summed E-state index contributed by atoms with van der Waals surface area (Å²) >= 11 is 3.60. The highest BCUT2D eigenvalue weighted by atomic mass is 79.9. The summed E-state index contributed by atoms with van der Waals surface area (Å²) < 4.78 is 29.1. The van der Waals surface area contributed by atoms with E-state index in [-0.39, 0.29) is 24.8 Å². The third kappa shape index (κ3) is 4.87. The van der Waals surface area contributed by atoms with Crippen molar-refractivity contribution in [3.05, 3.63) is 64.3 Å². The third-order valence-electron chi connectivity index (χ3n) is 5.44. The van der Waals surface area contributed by atoms with Gasteiger partial charge in [0.2, 0.25) is 0 Å². The topological polar surface area (TPSA) is 45.6 Å². The van der Waals surface area contributed by atoms with Crippen LogP contribution in [-0.2, 0) is 16.6 Å². The number of likely N-dealkylation sites (N-methyl/N-ethyl adjacent to an activating group) is 1. The lowest BCUT2D eigenvalue weighted by atomic mass is 10.2. The van der Waals surface area contributed by atoms with E-state index in [1.807, 2.05) is 43.3 Å². The summed E-state index contributed by atoms with van der Waals surface area (Å²) in [7, 11) is -1.54. The van der Waals surface area contributed by atoms with Crippen LogP contribution in [0, 0.1) is 6.92 Å². The molecule has 1 aliphatic rings. The van der Waals surface area contributed by atoms with Gasteiger partial charge < -0.3 is 4.90 Å². The zero-order chi connectivity index (χ0) is 19.9. The lowest BCUT2D eigenvalue weighted by Gasteiger charge is -2.32. The minimum Gasteiger partial charge on any atom is -0.304 e. The lowest BCUT2D eigenvalue weighted by Crippen LogP contribution is -2.43. The highest BCUT2D eigenvalue weighted by molar-refractivity contribution is 9.10. The zero-order valence-electron chi connectivity index (χ0n) is 16.9. The smallest absolute Gasteiger partial charge is 0.268 e. The van der Waals surface area contributed by atoms with Gasteiger partial charge in [-0.25, -0.2) is 12.4 Å². The molecule has 5 nitrogen and oxygen atoms in total. The summed E-state index contributed by atoms with van der Waals surface area (Å²) in [6.07, 6.45) is 1.71. The molecule has 0 saturated carbocycles. The third-order valence-corrected chi connectivity index (χ3v) is 7.88. The molecule has 30 heavy (non-hydrogen) atoms. The van der Waals surface area contributed by atoms with Crippen molar-refractivity contribution in [2.45, 2.75) is 18.4 Å². The van der Waals surface area contributed by atoms with E-state index in [1.165, 1.54) is 3.97 Å². The molecule has 2 heterocycles. The van der Waals surface area contributed by atoms with Crippen LogP contribution in [0.2, 0.25) is 0 Å². The maximum atomic E-state index is 13.4. The predicted octanol–water partition coefficient (Wildman–Crippen LogP) is 4.54. The monoisotopic (exact) mass is 533 g/mol. The number of para-hydroxylation sites is 1. The number of halogens is 3. The van der Waals surface area contributed by atoms with Gasteiger partial charge in [0.05, 0.1) is 10.4 Å². The van der Waals surface area contributed by atoms with Crippen LogP contribution in [0.5, 0.6) is 0 Å². The second-order valence-corrected chi connectivity index (χ2v) is 10.1. The molecule has 0 bridgehead atoms. The Morgan fingerprint density at radius 3 is 2.37 bits per heavy atom. The number of hydrogen-bond acceptors (Lipinski definition) is 4. The van der Waals surface area contributed by atoms with Crippen LogP contribution in [0.15, 0.2) is 58.0 Å². The first-order valence-electron chi connectivity index (χ1n) is 9.38. The Morgan fingerprint density at radius 1 is 1.00 bits per heavy atom. The number of hydrogen-bond donors (Lipinski definition) is 0. The normalized spacial score (nSPS) is 15.6. The average Bonchev–Trinajstić information content (AvgIpc) is 3.03. The van der Waals surface area contributed by atoms with E-state index in [4.69, 9.17) is 0 Å². The van der Waals surface area contributed by atoms with Gasteiger partial charge in [-0.05, 0) is 49.4 Å². The molecule has 3 aromatic rings. The van der Waals surface area contributed by atoms with Gasteiger partial charge in [-0.3, -0.25) is 4.90 Å². The second kappa shape index (κ2) is 10.0. The predicted molar refractivity (Wildman–Crippen MR) is 131 cm³/mol. The Balaban J connectivity index is 0.00000160. The molecular weight excluding hydrogens is 509 g/mol. The molecule has 0 spiro atoms. The van der Waals surface area contributed by atoms with Crippen LogP contribution in [0.3, 0.4) is 0 Å². The summed E-state index contributed by atoms with van der Waals surface area (Å²) in [6, 6.07) is 12.9. The van der Waals surface area contributed by atoms with Gasteiger partial charge in [-0.1, -0.05) is 34.1 Å². The molecule has 1 fully saturated rings. The fraction of sp³-hybridized carbons (Fsp3) is 0.333. The van der Waals surface area contributed by atoms with Gasteiger partial charge in [0.15, 0.2) is 0 Å². The van der Waals surface area contributed by atoms with E-state index in [1.54, 1.807) is 12.3 Å². The largest absolute Gasteiger partial charge is 0.304 e. The van der Waals surface area contributed by atoms with E-state index in [9.17, 15) is 8.42 Å². The first-order chi connectivity index (χ1) is 13.4. The minimum atomic E-state index is -3.66. The molecule has 2 aromatic carbocycles. The van der Waals surface area contributed by atoms with Crippen molar-refractivity contribution in [3.63, 3.8) is 0 Å². The van der Waals surface area contributed by atoms with Crippen molar-refractivity contribution in [1.29, 1.82) is 0 Å². The minimum absolute atomic E-state index is 0. The maximum absolute atomic E-state index is 13.4. The van der Waals surface area contributed by atoms with Gasteiger partial charge in [-0.2, -0.15) is 0 Å². The summed E-state index contributed by atoms with van der Waals surface area (Å²) in [4.78, 5) is 5.00. The zero-order valence-corrected chi connectivity index (χ0v) is 21.0. The number of benzene rings is 2. The van der Waals surface area contributed by atoms with Gasteiger partial charge in [0.25, 0.3) is 10.0 Å². The van der Waals surface area contributed by atoms with Crippen LogP contribution in [0.1, 0.15) is 11.1 Å². The molecule has 4 rings (SSSR count). The van der Waals surface area contributed by atoms with Crippen LogP contribution in [-0.4, -0.2) is 55.4 Å². The van der Waals surface area contributed by atoms with Crippen LogP contribution < -0.4 is 0 Å². The molecule has 0 amide bonds. The van der Waals surface area contributed by atoms with Crippen molar-refractivity contribution in [2.75, 3.05) is 33.2 Å². The first kappa shape index (κ1) is 25.2. The van der Waals surface area contributed by atoms with Gasteiger partial charge >= 0.3 is 0 Å². The Morgan fingerprint density at radius 2 is 1.67 bits per heavy atom. The van der Waals surface area contributed by atoms with E-state index < -0.39 is 10.0 Å². The summed E-state index contributed by atoms with van der Waals surface area (Å²) in [5, 5.41) is 0.959. The molecule has 164 valence electrons. The maximum Gasteiger partial charge on any atom is 0.268 e. The standard InChI is InChI=1S/C21H24BrN3O2S.2ClH/c1-16-14-25(21-6-4-3-5-19(16)21)28(26,27)18-7-8-20(22)17(13-18)15-24-11-9-23(2)10-12-24;;/h3-8,13-14H,9-12,15H2,1-2H3;2*1H. The summed E-state index contributed by atoms with van der Waals surface area (Å²) in [5.41, 5.74) is 2.66. The molecule has 0 unspecified atom stereocenters. The molecule has 0 radical (unpaired) electrons. The van der Waals surface area contributed by atoms with E-state index >= 15 is 0 Å². The summed E-state index contributed by atoms with van der Waals surface area (Å²) in [6.45, 7) is 6.72. The Kier molecular flexibility index (Phi) is 8.41. The van der Waals surface area contributed by atoms with Crippen molar-refractivity contribution in [1.82, 2.24) is 13.8 Å². The number of rotatable bonds is 4. The molecule has 0 aliphatic carbocycles. The van der Waals surface area contributed by atoms with Crippen LogP contribution in [0.25, 0.3) is 10.9 Å². The van der Waals surface area contributed by atoms with Crippen molar-refractivity contribution in [3.8, 4) is 0 Å². The molecule has 1 aliphatic heterocycles. The number of nitrogens with zero attached hydrogens (tertiary/aromatic N) is 3. The summed E-state index contributed by atoms with van der Waals surface area (Å²) in [5.74, 6) is 0. The number of aromatic nitrogens is 1. The second-order valence-electron chi connectivity index (χ2n) is 7.46. The molecule has 1 saturated heterocycles. The Hall–Kier alpha value is -1.09. The Labute approximate surface area is 199 Å². The van der Waals surface area contributed by atoms with Crippen molar-refractivity contribution < 1.29 is 8.42 Å². The van der Waals surface area contributed by atoms with Crippen molar-refractivity contribution >= 4 is 61.7 Å².